The fourth-order valence-electron chi connectivity index (χ4n) is 1.85. The van der Waals surface area contributed by atoms with E-state index in [0.717, 1.165) is 10.2 Å². The van der Waals surface area contributed by atoms with E-state index in [0.29, 0.717) is 11.7 Å². The highest BCUT2D eigenvalue weighted by atomic mass is 32.1. The quantitative estimate of drug-likeness (QED) is 0.762. The van der Waals surface area contributed by atoms with E-state index in [9.17, 15) is 9.59 Å². The highest BCUT2D eigenvalue weighted by molar-refractivity contribution is 7.22. The maximum absolute atomic E-state index is 11.9. The van der Waals surface area contributed by atoms with Gasteiger partial charge in [-0.1, -0.05) is 29.5 Å². The molecule has 0 aliphatic rings. The number of nitrogens with one attached hydrogen (secondary N) is 1. The van der Waals surface area contributed by atoms with E-state index in [1.54, 1.807) is 6.08 Å². The van der Waals surface area contributed by atoms with Crippen LogP contribution in [-0.2, 0) is 9.59 Å². The molecule has 0 spiro atoms. The second-order valence-corrected chi connectivity index (χ2v) is 5.42. The van der Waals surface area contributed by atoms with Gasteiger partial charge in [0.2, 0.25) is 5.91 Å². The average Bonchev–Trinajstić information content (AvgIpc) is 2.79. The molecule has 0 bridgehead atoms. The first-order chi connectivity index (χ1) is 10.1. The fourth-order valence-corrected chi connectivity index (χ4v) is 2.73. The van der Waals surface area contributed by atoms with Crippen LogP contribution in [0.25, 0.3) is 10.2 Å². The van der Waals surface area contributed by atoms with Crippen molar-refractivity contribution in [3.05, 3.63) is 36.9 Å². The van der Waals surface area contributed by atoms with Crippen molar-refractivity contribution in [1.29, 1.82) is 0 Å². The average molecular weight is 305 g/mol. The molecule has 2 N–H and O–H groups in total. The summed E-state index contributed by atoms with van der Waals surface area (Å²) in [5.41, 5.74) is 0.825. The first kappa shape index (κ1) is 15.1. The number of rotatable bonds is 7. The largest absolute Gasteiger partial charge is 0.480 e. The molecule has 1 aromatic carbocycles. The van der Waals surface area contributed by atoms with E-state index in [2.05, 4.69) is 16.9 Å². The van der Waals surface area contributed by atoms with Crippen molar-refractivity contribution in [1.82, 2.24) is 9.88 Å². The summed E-state index contributed by atoms with van der Waals surface area (Å²) in [6, 6.07) is 7.59. The van der Waals surface area contributed by atoms with Gasteiger partial charge < -0.3 is 10.4 Å². The summed E-state index contributed by atoms with van der Waals surface area (Å²) in [6.45, 7) is 3.66. The van der Waals surface area contributed by atoms with Gasteiger partial charge in [0.1, 0.15) is 0 Å². The monoisotopic (exact) mass is 305 g/mol. The first-order valence-corrected chi connectivity index (χ1v) is 7.10. The lowest BCUT2D eigenvalue weighted by Gasteiger charge is -2.16. The van der Waals surface area contributed by atoms with Gasteiger partial charge in [-0.05, 0) is 12.1 Å². The third-order valence-corrected chi connectivity index (χ3v) is 3.61. The number of amides is 1. The number of carboxylic acid groups (broad SMARTS) is 1. The van der Waals surface area contributed by atoms with Gasteiger partial charge >= 0.3 is 5.97 Å². The smallest absolute Gasteiger partial charge is 0.317 e. The van der Waals surface area contributed by atoms with Gasteiger partial charge in [-0.25, -0.2) is 4.98 Å². The summed E-state index contributed by atoms with van der Waals surface area (Å²) in [7, 11) is 0. The van der Waals surface area contributed by atoms with Crippen LogP contribution >= 0.6 is 11.3 Å². The molecular formula is C14H15N3O3S. The maximum Gasteiger partial charge on any atom is 0.317 e. The Morgan fingerprint density at radius 1 is 1.38 bits per heavy atom. The second-order valence-electron chi connectivity index (χ2n) is 4.39. The number of fused-ring (bicyclic) bond motifs is 1. The van der Waals surface area contributed by atoms with E-state index in [1.165, 1.54) is 16.2 Å². The number of benzene rings is 1. The van der Waals surface area contributed by atoms with Crippen LogP contribution in [0.1, 0.15) is 0 Å². The Labute approximate surface area is 125 Å². The summed E-state index contributed by atoms with van der Waals surface area (Å²) in [5, 5.41) is 12.0. The van der Waals surface area contributed by atoms with Crippen molar-refractivity contribution in [2.24, 2.45) is 0 Å². The van der Waals surface area contributed by atoms with E-state index < -0.39 is 5.97 Å². The summed E-state index contributed by atoms with van der Waals surface area (Å²) < 4.78 is 0.987. The van der Waals surface area contributed by atoms with Crippen molar-refractivity contribution < 1.29 is 14.7 Å². The van der Waals surface area contributed by atoms with Crippen LogP contribution in [0.3, 0.4) is 0 Å². The molecule has 1 aromatic heterocycles. The number of nitrogens with zero attached hydrogens (tertiary/aromatic N) is 2. The number of hydrogen-bond donors (Lipinski definition) is 2. The third kappa shape index (κ3) is 4.37. The number of carboxylic acids is 1. The lowest BCUT2D eigenvalue weighted by molar-refractivity contribution is -0.138. The van der Waals surface area contributed by atoms with Crippen LogP contribution in [0.15, 0.2) is 36.9 Å². The van der Waals surface area contributed by atoms with Crippen LogP contribution in [-0.4, -0.2) is 46.5 Å². The summed E-state index contributed by atoms with van der Waals surface area (Å²) in [6.07, 6.45) is 1.56. The molecule has 0 aliphatic heterocycles. The lowest BCUT2D eigenvalue weighted by atomic mass is 10.3. The van der Waals surface area contributed by atoms with Crippen molar-refractivity contribution in [3.63, 3.8) is 0 Å². The SMILES string of the molecule is C=CCN(CC(=O)O)CC(=O)Nc1nc2ccccc2s1. The topological polar surface area (TPSA) is 82.5 Å². The third-order valence-electron chi connectivity index (χ3n) is 2.65. The van der Waals surface area contributed by atoms with Crippen molar-refractivity contribution in [2.45, 2.75) is 0 Å². The molecule has 0 aliphatic carbocycles. The second kappa shape index (κ2) is 6.96. The Morgan fingerprint density at radius 3 is 2.81 bits per heavy atom. The minimum atomic E-state index is -0.982. The minimum Gasteiger partial charge on any atom is -0.480 e. The predicted octanol–water partition coefficient (Wildman–Crippen LogP) is 1.81. The lowest BCUT2D eigenvalue weighted by Crippen LogP contribution is -2.36. The van der Waals surface area contributed by atoms with Gasteiger partial charge in [0, 0.05) is 6.54 Å². The van der Waals surface area contributed by atoms with Gasteiger partial charge in [0.25, 0.3) is 0 Å². The first-order valence-electron chi connectivity index (χ1n) is 6.29. The predicted molar refractivity (Wildman–Crippen MR) is 82.5 cm³/mol. The number of aliphatic carboxylic acids is 1. The Morgan fingerprint density at radius 2 is 2.14 bits per heavy atom. The zero-order valence-corrected chi connectivity index (χ0v) is 12.1. The van der Waals surface area contributed by atoms with Gasteiger partial charge in [-0.3, -0.25) is 14.5 Å². The number of carbonyl (C=O) groups excluding carboxylic acids is 1. The molecule has 0 saturated heterocycles. The molecule has 0 fully saturated rings. The zero-order chi connectivity index (χ0) is 15.2. The molecule has 0 unspecified atom stereocenters. The summed E-state index contributed by atoms with van der Waals surface area (Å²) >= 11 is 1.38. The summed E-state index contributed by atoms with van der Waals surface area (Å²) in [5.74, 6) is -1.28. The van der Waals surface area contributed by atoms with E-state index in [1.807, 2.05) is 24.3 Å². The molecule has 21 heavy (non-hydrogen) atoms. The number of hydrogen-bond acceptors (Lipinski definition) is 5. The van der Waals surface area contributed by atoms with Gasteiger partial charge in [0.05, 0.1) is 23.3 Å². The Bertz CT molecular complexity index is 635. The van der Waals surface area contributed by atoms with E-state index in [-0.39, 0.29) is 19.0 Å². The van der Waals surface area contributed by atoms with Crippen LogP contribution in [0, 0.1) is 0 Å². The number of carbonyl (C=O) groups is 2. The van der Waals surface area contributed by atoms with Crippen LogP contribution < -0.4 is 5.32 Å². The molecule has 2 aromatic rings. The molecule has 110 valence electrons. The molecule has 2 rings (SSSR count). The molecule has 0 saturated carbocycles. The maximum atomic E-state index is 11.9. The van der Waals surface area contributed by atoms with E-state index >= 15 is 0 Å². The number of anilines is 1. The van der Waals surface area contributed by atoms with Crippen molar-refractivity contribution in [2.75, 3.05) is 25.0 Å². The molecule has 0 radical (unpaired) electrons. The molecule has 6 nitrogen and oxygen atoms in total. The molecule has 1 amide bonds. The van der Waals surface area contributed by atoms with Gasteiger partial charge in [0.15, 0.2) is 5.13 Å². The van der Waals surface area contributed by atoms with Crippen LogP contribution in [0.2, 0.25) is 0 Å². The molecule has 0 atom stereocenters. The summed E-state index contributed by atoms with van der Waals surface area (Å²) in [4.78, 5) is 28.4. The Hall–Kier alpha value is -2.25. The highest BCUT2D eigenvalue weighted by Crippen LogP contribution is 2.25. The number of thiazole rings is 1. The van der Waals surface area contributed by atoms with Gasteiger partial charge in [-0.2, -0.15) is 0 Å². The minimum absolute atomic E-state index is 0.0196. The van der Waals surface area contributed by atoms with Crippen LogP contribution in [0.4, 0.5) is 5.13 Å². The highest BCUT2D eigenvalue weighted by Gasteiger charge is 2.14. The standard InChI is InChI=1S/C14H15N3O3S/c1-2-7-17(9-13(19)20)8-12(18)16-14-15-10-5-3-4-6-11(10)21-14/h2-6H,1,7-9H2,(H,19,20)(H,15,16,18). The zero-order valence-electron chi connectivity index (χ0n) is 11.3. The van der Waals surface area contributed by atoms with E-state index in [4.69, 9.17) is 5.11 Å². The normalized spacial score (nSPS) is 10.7. The van der Waals surface area contributed by atoms with Crippen LogP contribution in [0.5, 0.6) is 0 Å². The van der Waals surface area contributed by atoms with Crippen molar-refractivity contribution in [3.8, 4) is 0 Å². The Kier molecular flexibility index (Phi) is 5.02. The number of aromatic nitrogens is 1. The number of para-hydroxylation sites is 1. The molecular weight excluding hydrogens is 290 g/mol. The fraction of sp³-hybridized carbons (Fsp3) is 0.214. The van der Waals surface area contributed by atoms with Gasteiger partial charge in [-0.15, -0.1) is 6.58 Å². The molecule has 1 heterocycles. The van der Waals surface area contributed by atoms with Crippen molar-refractivity contribution >= 4 is 38.6 Å². The molecule has 7 heteroatoms. The Balaban J connectivity index is 1.99.